The first-order valence-electron chi connectivity index (χ1n) is 13.5. The van der Waals surface area contributed by atoms with Crippen LogP contribution in [0, 0.1) is 25.7 Å². The van der Waals surface area contributed by atoms with Gasteiger partial charge in [0.15, 0.2) is 0 Å². The average Bonchev–Trinajstić information content (AvgIpc) is 3.61. The van der Waals surface area contributed by atoms with Crippen LogP contribution in [0.2, 0.25) is 10.0 Å². The van der Waals surface area contributed by atoms with Crippen molar-refractivity contribution in [2.24, 2.45) is 11.8 Å². The smallest absolute Gasteiger partial charge is 0.306 e. The highest BCUT2D eigenvalue weighted by atomic mass is 35.5. The largest absolute Gasteiger partial charge is 0.492 e. The second kappa shape index (κ2) is 12.4. The topological polar surface area (TPSA) is 95.9 Å². The van der Waals surface area contributed by atoms with Crippen molar-refractivity contribution in [1.82, 2.24) is 15.1 Å². The van der Waals surface area contributed by atoms with Gasteiger partial charge in [-0.25, -0.2) is 0 Å². The number of aliphatic carboxylic acids is 1. The summed E-state index contributed by atoms with van der Waals surface area (Å²) in [4.78, 5) is 28.6. The summed E-state index contributed by atoms with van der Waals surface area (Å²) in [5.74, 6) is 0.158. The van der Waals surface area contributed by atoms with Gasteiger partial charge in [0.1, 0.15) is 17.4 Å². The fraction of sp³-hybridized carbons (Fsp3) is 0.448. The van der Waals surface area contributed by atoms with E-state index in [-0.39, 0.29) is 11.8 Å². The molecule has 1 aliphatic heterocycles. The highest BCUT2D eigenvalue weighted by molar-refractivity contribution is 7.18. The predicted octanol–water partition coefficient (Wildman–Crippen LogP) is 6.36. The summed E-state index contributed by atoms with van der Waals surface area (Å²) in [7, 11) is 0. The first kappa shape index (κ1) is 28.8. The Morgan fingerprint density at radius 1 is 1.07 bits per heavy atom. The number of halogens is 2. The van der Waals surface area contributed by atoms with E-state index >= 15 is 0 Å². The minimum atomic E-state index is -0.696. The van der Waals surface area contributed by atoms with Crippen LogP contribution in [0.4, 0.5) is 5.13 Å². The number of aryl methyl sites for hydroxylation is 2. The van der Waals surface area contributed by atoms with E-state index in [0.29, 0.717) is 52.7 Å². The van der Waals surface area contributed by atoms with E-state index in [1.165, 1.54) is 11.3 Å². The minimum absolute atomic E-state index is 0.209. The van der Waals surface area contributed by atoms with Gasteiger partial charge >= 0.3 is 5.97 Å². The SMILES string of the molecule is Cc1cc(-c2nnc(N(CC3CC3)C(=O)c3ccc(Cl)cc3Cl)s2)cc(C)c1OCCN1CCC(C(=O)O)CC1. The molecule has 212 valence electrons. The van der Waals surface area contributed by atoms with E-state index in [4.69, 9.17) is 27.9 Å². The molecular formula is C29H32Cl2N4O4S. The van der Waals surface area contributed by atoms with Crippen LogP contribution < -0.4 is 9.64 Å². The average molecular weight is 604 g/mol. The number of carboxylic acid groups (broad SMARTS) is 1. The second-order valence-electron chi connectivity index (χ2n) is 10.6. The molecule has 8 nitrogen and oxygen atoms in total. The molecule has 0 spiro atoms. The number of anilines is 1. The van der Waals surface area contributed by atoms with Gasteiger partial charge in [-0.2, -0.15) is 0 Å². The molecule has 11 heteroatoms. The van der Waals surface area contributed by atoms with Crippen molar-refractivity contribution in [1.29, 1.82) is 0 Å². The Balaban J connectivity index is 1.27. The molecule has 2 aromatic carbocycles. The zero-order valence-corrected chi connectivity index (χ0v) is 24.9. The summed E-state index contributed by atoms with van der Waals surface area (Å²) in [6.45, 7) is 7.45. The van der Waals surface area contributed by atoms with Gasteiger partial charge in [-0.15, -0.1) is 10.2 Å². The molecule has 1 saturated heterocycles. The zero-order valence-electron chi connectivity index (χ0n) is 22.5. The number of aromatic nitrogens is 2. The van der Waals surface area contributed by atoms with Crippen molar-refractivity contribution in [2.75, 3.05) is 37.7 Å². The van der Waals surface area contributed by atoms with Gasteiger partial charge in [-0.3, -0.25) is 19.4 Å². The predicted molar refractivity (Wildman–Crippen MR) is 158 cm³/mol. The van der Waals surface area contributed by atoms with Crippen LogP contribution in [0.25, 0.3) is 10.6 Å². The molecule has 0 unspecified atom stereocenters. The highest BCUT2D eigenvalue weighted by Gasteiger charge is 2.31. The maximum Gasteiger partial charge on any atom is 0.306 e. The number of amides is 1. The van der Waals surface area contributed by atoms with Crippen LogP contribution in [-0.4, -0.2) is 64.9 Å². The molecule has 0 radical (unpaired) electrons. The quantitative estimate of drug-likeness (QED) is 0.288. The zero-order chi connectivity index (χ0) is 28.4. The lowest BCUT2D eigenvalue weighted by atomic mass is 9.97. The van der Waals surface area contributed by atoms with E-state index < -0.39 is 5.97 Å². The molecule has 1 amide bonds. The number of carbonyl (C=O) groups is 2. The number of hydrogen-bond donors (Lipinski definition) is 1. The number of piperidine rings is 1. The molecule has 0 bridgehead atoms. The molecule has 1 N–H and O–H groups in total. The molecule has 2 aliphatic rings. The molecule has 3 aromatic rings. The van der Waals surface area contributed by atoms with Crippen LogP contribution in [0.3, 0.4) is 0 Å². The lowest BCUT2D eigenvalue weighted by Gasteiger charge is -2.30. The summed E-state index contributed by atoms with van der Waals surface area (Å²) in [5, 5.41) is 20.1. The van der Waals surface area contributed by atoms with Gasteiger partial charge in [0.05, 0.1) is 16.5 Å². The third-order valence-corrected chi connectivity index (χ3v) is 9.03. The summed E-state index contributed by atoms with van der Waals surface area (Å²) in [6.07, 6.45) is 3.54. The first-order chi connectivity index (χ1) is 19.2. The number of carbonyl (C=O) groups excluding carboxylic acids is 1. The number of benzene rings is 2. The van der Waals surface area contributed by atoms with Crippen molar-refractivity contribution >= 4 is 51.5 Å². The minimum Gasteiger partial charge on any atom is -0.492 e. The second-order valence-corrected chi connectivity index (χ2v) is 12.4. The van der Waals surface area contributed by atoms with E-state index in [2.05, 4.69) is 15.1 Å². The molecule has 0 atom stereocenters. The molecule has 2 heterocycles. The third-order valence-electron chi connectivity index (χ3n) is 7.49. The van der Waals surface area contributed by atoms with Crippen LogP contribution in [0.1, 0.15) is 47.2 Å². The Labute approximate surface area is 247 Å². The van der Waals surface area contributed by atoms with E-state index in [9.17, 15) is 14.7 Å². The number of hydrogen-bond acceptors (Lipinski definition) is 7. The fourth-order valence-electron chi connectivity index (χ4n) is 5.04. The Bertz CT molecular complexity index is 1380. The van der Waals surface area contributed by atoms with Crippen molar-refractivity contribution in [3.63, 3.8) is 0 Å². The van der Waals surface area contributed by atoms with Crippen molar-refractivity contribution in [2.45, 2.75) is 39.5 Å². The summed E-state index contributed by atoms with van der Waals surface area (Å²) in [5.41, 5.74) is 3.30. The molecule has 2 fully saturated rings. The molecular weight excluding hydrogens is 571 g/mol. The van der Waals surface area contributed by atoms with Crippen molar-refractivity contribution < 1.29 is 19.4 Å². The molecule has 1 aromatic heterocycles. The molecule has 5 rings (SSSR count). The molecule has 40 heavy (non-hydrogen) atoms. The number of rotatable bonds is 10. The normalized spacial score (nSPS) is 16.2. The summed E-state index contributed by atoms with van der Waals surface area (Å²) in [6, 6.07) is 8.96. The van der Waals surface area contributed by atoms with Gasteiger partial charge in [-0.05, 0) is 100.0 Å². The Hall–Kier alpha value is -2.72. The van der Waals surface area contributed by atoms with E-state index in [0.717, 1.165) is 59.9 Å². The van der Waals surface area contributed by atoms with E-state index in [1.54, 1.807) is 23.1 Å². The Kier molecular flexibility index (Phi) is 8.95. The molecule has 1 aliphatic carbocycles. The maximum atomic E-state index is 13.5. The Morgan fingerprint density at radius 3 is 2.40 bits per heavy atom. The number of ether oxygens (including phenoxy) is 1. The summed E-state index contributed by atoms with van der Waals surface area (Å²) >= 11 is 13.8. The third kappa shape index (κ3) is 6.77. The van der Waals surface area contributed by atoms with Crippen LogP contribution in [0.15, 0.2) is 30.3 Å². The van der Waals surface area contributed by atoms with Gasteiger partial charge in [-0.1, -0.05) is 34.5 Å². The van der Waals surface area contributed by atoms with E-state index in [1.807, 2.05) is 26.0 Å². The number of carboxylic acids is 1. The van der Waals surface area contributed by atoms with Gasteiger partial charge in [0, 0.05) is 23.7 Å². The Morgan fingerprint density at radius 2 is 1.77 bits per heavy atom. The first-order valence-corrected chi connectivity index (χ1v) is 15.1. The monoisotopic (exact) mass is 602 g/mol. The van der Waals surface area contributed by atoms with Crippen LogP contribution in [-0.2, 0) is 4.79 Å². The van der Waals surface area contributed by atoms with Crippen LogP contribution >= 0.6 is 34.5 Å². The highest BCUT2D eigenvalue weighted by Crippen LogP contribution is 2.37. The molecule has 1 saturated carbocycles. The van der Waals surface area contributed by atoms with Crippen molar-refractivity contribution in [3.8, 4) is 16.3 Å². The van der Waals surface area contributed by atoms with Crippen molar-refractivity contribution in [3.05, 3.63) is 57.1 Å². The van der Waals surface area contributed by atoms with Gasteiger partial charge < -0.3 is 9.84 Å². The standard InChI is InChI=1S/C29H32Cl2N4O4S/c1-17-13-21(14-18(2)25(17)39-12-11-34-9-7-20(8-10-34)28(37)38)26-32-33-29(40-26)35(16-19-3-4-19)27(36)23-6-5-22(30)15-24(23)31/h5-6,13-15,19-20H,3-4,7-12,16H2,1-2H3,(H,37,38). The van der Waals surface area contributed by atoms with Gasteiger partial charge in [0.2, 0.25) is 5.13 Å². The lowest BCUT2D eigenvalue weighted by Crippen LogP contribution is -2.38. The van der Waals surface area contributed by atoms with Crippen LogP contribution in [0.5, 0.6) is 5.75 Å². The number of nitrogens with zero attached hydrogens (tertiary/aromatic N) is 4. The maximum absolute atomic E-state index is 13.5. The summed E-state index contributed by atoms with van der Waals surface area (Å²) < 4.78 is 6.16. The van der Waals surface area contributed by atoms with Gasteiger partial charge in [0.25, 0.3) is 5.91 Å². The fourth-order valence-corrected chi connectivity index (χ4v) is 6.37. The number of likely N-dealkylation sites (tertiary alicyclic amines) is 1. The lowest BCUT2D eigenvalue weighted by molar-refractivity contribution is -0.143.